The first-order valence-corrected chi connectivity index (χ1v) is 10.1. The number of aliphatic imine (C=N–C) groups is 1. The summed E-state index contributed by atoms with van der Waals surface area (Å²) in [7, 11) is 4.19. The lowest BCUT2D eigenvalue weighted by Crippen LogP contribution is -2.38. The van der Waals surface area contributed by atoms with E-state index in [-0.39, 0.29) is 6.04 Å². The fourth-order valence-corrected chi connectivity index (χ4v) is 3.13. The topological polar surface area (TPSA) is 58.1 Å². The van der Waals surface area contributed by atoms with Gasteiger partial charge in [0.15, 0.2) is 5.96 Å². The van der Waals surface area contributed by atoms with Crippen LogP contribution in [0.15, 0.2) is 35.3 Å². The lowest BCUT2D eigenvalue weighted by molar-refractivity contribution is 0.0168. The molecule has 0 aromatic heterocycles. The van der Waals surface area contributed by atoms with Crippen LogP contribution < -0.4 is 10.6 Å². The van der Waals surface area contributed by atoms with E-state index in [1.54, 1.807) is 0 Å². The molecule has 0 spiro atoms. The van der Waals surface area contributed by atoms with Crippen LogP contribution in [0.4, 0.5) is 0 Å². The molecule has 0 amide bonds. The molecule has 1 heterocycles. The quantitative estimate of drug-likeness (QED) is 0.353. The van der Waals surface area contributed by atoms with E-state index in [0.29, 0.717) is 12.6 Å². The largest absolute Gasteiger partial charge is 0.379 e. The zero-order valence-electron chi connectivity index (χ0n) is 17.1. The lowest BCUT2D eigenvalue weighted by atomic mass is 10.1. The fraction of sp³-hybridized carbons (Fsp3) is 0.667. The van der Waals surface area contributed by atoms with E-state index in [4.69, 9.17) is 14.5 Å². The van der Waals surface area contributed by atoms with Crippen LogP contribution in [0, 0.1) is 0 Å². The first-order chi connectivity index (χ1) is 13.2. The van der Waals surface area contributed by atoms with Gasteiger partial charge >= 0.3 is 0 Å². The Hall–Kier alpha value is -1.63. The van der Waals surface area contributed by atoms with E-state index in [1.165, 1.54) is 5.56 Å². The third-order valence-electron chi connectivity index (χ3n) is 4.66. The maximum absolute atomic E-state index is 5.71. The molecule has 1 aliphatic heterocycles. The molecule has 2 rings (SSSR count). The summed E-state index contributed by atoms with van der Waals surface area (Å²) in [4.78, 5) is 6.99. The zero-order chi connectivity index (χ0) is 19.3. The Morgan fingerprint density at radius 3 is 2.78 bits per heavy atom. The summed E-state index contributed by atoms with van der Waals surface area (Å²) in [6.07, 6.45) is 3.55. The normalized spacial score (nSPS) is 18.7. The SMILES string of the molecule is CCNC(=NCC(c1ccccc1)N(C)C)NCCCOCC1CCCO1. The first-order valence-electron chi connectivity index (χ1n) is 10.1. The molecular weight excluding hydrogens is 340 g/mol. The van der Waals surface area contributed by atoms with Crippen LogP contribution in [0.25, 0.3) is 0 Å². The van der Waals surface area contributed by atoms with Gasteiger partial charge in [0, 0.05) is 26.3 Å². The molecule has 0 saturated carbocycles. The van der Waals surface area contributed by atoms with Gasteiger partial charge in [0.1, 0.15) is 0 Å². The van der Waals surface area contributed by atoms with E-state index < -0.39 is 0 Å². The lowest BCUT2D eigenvalue weighted by Gasteiger charge is -2.23. The van der Waals surface area contributed by atoms with Crippen molar-refractivity contribution in [1.29, 1.82) is 0 Å². The molecule has 0 bridgehead atoms. The molecule has 2 N–H and O–H groups in total. The molecule has 1 aliphatic rings. The van der Waals surface area contributed by atoms with Gasteiger partial charge in [-0.1, -0.05) is 30.3 Å². The minimum Gasteiger partial charge on any atom is -0.379 e. The Morgan fingerprint density at radius 1 is 1.30 bits per heavy atom. The number of hydrogen-bond donors (Lipinski definition) is 2. The summed E-state index contributed by atoms with van der Waals surface area (Å²) < 4.78 is 11.3. The molecule has 0 aliphatic carbocycles. The third kappa shape index (κ3) is 8.28. The average Bonchev–Trinajstić information content (AvgIpc) is 3.18. The average molecular weight is 377 g/mol. The van der Waals surface area contributed by atoms with Gasteiger partial charge in [-0.05, 0) is 45.8 Å². The molecule has 6 nitrogen and oxygen atoms in total. The molecule has 2 unspecified atom stereocenters. The molecule has 1 aromatic carbocycles. The van der Waals surface area contributed by atoms with Crippen molar-refractivity contribution in [2.45, 2.75) is 38.3 Å². The van der Waals surface area contributed by atoms with Crippen LogP contribution in [0.5, 0.6) is 0 Å². The van der Waals surface area contributed by atoms with Gasteiger partial charge in [0.05, 0.1) is 25.3 Å². The molecule has 2 atom stereocenters. The van der Waals surface area contributed by atoms with Crippen molar-refractivity contribution in [3.63, 3.8) is 0 Å². The summed E-state index contributed by atoms with van der Waals surface area (Å²) in [6, 6.07) is 10.8. The number of likely N-dealkylation sites (N-methyl/N-ethyl adjacent to an activating group) is 1. The Balaban J connectivity index is 1.73. The first kappa shape index (κ1) is 21.7. The highest BCUT2D eigenvalue weighted by Gasteiger charge is 2.15. The van der Waals surface area contributed by atoms with Crippen molar-refractivity contribution < 1.29 is 9.47 Å². The third-order valence-corrected chi connectivity index (χ3v) is 4.66. The standard InChI is InChI=1S/C21H36N4O2/c1-4-22-21(23-13-9-14-26-17-19-12-8-15-27-19)24-16-20(25(2)3)18-10-6-5-7-11-18/h5-7,10-11,19-20H,4,8-9,12-17H2,1-3H3,(H2,22,23,24). The molecule has 1 aromatic rings. The molecule has 152 valence electrons. The van der Waals surface area contributed by atoms with Crippen molar-refractivity contribution in [2.75, 3.05) is 53.6 Å². The number of ether oxygens (including phenoxy) is 2. The molecule has 1 saturated heterocycles. The van der Waals surface area contributed by atoms with Crippen LogP contribution in [0.1, 0.15) is 37.8 Å². The fourth-order valence-electron chi connectivity index (χ4n) is 3.13. The van der Waals surface area contributed by atoms with Crippen molar-refractivity contribution >= 4 is 5.96 Å². The van der Waals surface area contributed by atoms with Crippen molar-refractivity contribution in [3.8, 4) is 0 Å². The number of rotatable bonds is 11. The summed E-state index contributed by atoms with van der Waals surface area (Å²) in [5, 5.41) is 6.73. The molecule has 27 heavy (non-hydrogen) atoms. The van der Waals surface area contributed by atoms with Gasteiger partial charge in [0.25, 0.3) is 0 Å². The molecule has 1 fully saturated rings. The predicted octanol–water partition coefficient (Wildman–Crippen LogP) is 2.43. The zero-order valence-corrected chi connectivity index (χ0v) is 17.1. The highest BCUT2D eigenvalue weighted by molar-refractivity contribution is 5.79. The number of benzene rings is 1. The maximum atomic E-state index is 5.71. The van der Waals surface area contributed by atoms with Crippen LogP contribution in [0.2, 0.25) is 0 Å². The summed E-state index contributed by atoms with van der Waals surface area (Å²) in [6.45, 7) is 6.83. The Labute approximate surface area is 164 Å². The van der Waals surface area contributed by atoms with Crippen LogP contribution in [-0.4, -0.2) is 70.5 Å². The van der Waals surface area contributed by atoms with Gasteiger partial charge in [0.2, 0.25) is 0 Å². The number of nitrogens with one attached hydrogen (secondary N) is 2. The predicted molar refractivity (Wildman–Crippen MR) is 111 cm³/mol. The molecule has 0 radical (unpaired) electrons. The molecule has 6 heteroatoms. The van der Waals surface area contributed by atoms with E-state index in [9.17, 15) is 0 Å². The van der Waals surface area contributed by atoms with E-state index in [2.05, 4.69) is 60.8 Å². The van der Waals surface area contributed by atoms with Gasteiger partial charge in [-0.15, -0.1) is 0 Å². The minimum atomic E-state index is 0.261. The Morgan fingerprint density at radius 2 is 2.11 bits per heavy atom. The highest BCUT2D eigenvalue weighted by Crippen LogP contribution is 2.18. The van der Waals surface area contributed by atoms with Crippen molar-refractivity contribution in [1.82, 2.24) is 15.5 Å². The Bertz CT molecular complexity index is 530. The summed E-state index contributed by atoms with van der Waals surface area (Å²) in [5.41, 5.74) is 1.28. The second-order valence-electron chi connectivity index (χ2n) is 7.10. The molecular formula is C21H36N4O2. The number of nitrogens with zero attached hydrogens (tertiary/aromatic N) is 2. The smallest absolute Gasteiger partial charge is 0.191 e. The second-order valence-corrected chi connectivity index (χ2v) is 7.10. The maximum Gasteiger partial charge on any atom is 0.191 e. The van der Waals surface area contributed by atoms with Crippen LogP contribution in [-0.2, 0) is 9.47 Å². The second kappa shape index (κ2) is 12.7. The van der Waals surface area contributed by atoms with E-state index in [0.717, 1.165) is 58.1 Å². The highest BCUT2D eigenvalue weighted by atomic mass is 16.5. The van der Waals surface area contributed by atoms with Gasteiger partial charge in [-0.25, -0.2) is 0 Å². The monoisotopic (exact) mass is 376 g/mol. The Kier molecular flexibility index (Phi) is 10.2. The summed E-state index contributed by atoms with van der Waals surface area (Å²) in [5.74, 6) is 0.861. The van der Waals surface area contributed by atoms with Crippen LogP contribution >= 0.6 is 0 Å². The number of hydrogen-bond acceptors (Lipinski definition) is 4. The number of guanidine groups is 1. The van der Waals surface area contributed by atoms with Gasteiger partial charge in [-0.3, -0.25) is 4.99 Å². The van der Waals surface area contributed by atoms with E-state index >= 15 is 0 Å². The van der Waals surface area contributed by atoms with Gasteiger partial charge in [-0.2, -0.15) is 0 Å². The van der Waals surface area contributed by atoms with Crippen molar-refractivity contribution in [2.24, 2.45) is 4.99 Å². The van der Waals surface area contributed by atoms with E-state index in [1.807, 2.05) is 6.07 Å². The van der Waals surface area contributed by atoms with Crippen LogP contribution in [0.3, 0.4) is 0 Å². The minimum absolute atomic E-state index is 0.261. The van der Waals surface area contributed by atoms with Crippen molar-refractivity contribution in [3.05, 3.63) is 35.9 Å². The summed E-state index contributed by atoms with van der Waals surface area (Å²) >= 11 is 0. The van der Waals surface area contributed by atoms with Gasteiger partial charge < -0.3 is 25.0 Å².